The number of hydrogen-bond acceptors (Lipinski definition) is 3. The van der Waals surface area contributed by atoms with E-state index >= 15 is 0 Å². The van der Waals surface area contributed by atoms with Crippen LogP contribution in [0.25, 0.3) is 0 Å². The standard InChI is InChI=1S/C10H8F2N2S/c11-9-2-1-7(3-10(9)12)13-4-8-5-15-6-14-8/h1-3,5-6,13H,4H2. The van der Waals surface area contributed by atoms with Crippen LogP contribution in [-0.2, 0) is 6.54 Å². The van der Waals surface area contributed by atoms with Crippen LogP contribution < -0.4 is 5.32 Å². The van der Waals surface area contributed by atoms with E-state index in [1.807, 2.05) is 5.38 Å². The monoisotopic (exact) mass is 226 g/mol. The molecule has 15 heavy (non-hydrogen) atoms. The van der Waals surface area contributed by atoms with Crippen molar-refractivity contribution >= 4 is 17.0 Å². The Bertz CT molecular complexity index is 443. The molecule has 0 amide bonds. The molecule has 0 radical (unpaired) electrons. The molecular weight excluding hydrogens is 218 g/mol. The predicted octanol–water partition coefficient (Wildman–Crippen LogP) is 3.03. The largest absolute Gasteiger partial charge is 0.379 e. The lowest BCUT2D eigenvalue weighted by atomic mass is 10.3. The van der Waals surface area contributed by atoms with Crippen molar-refractivity contribution in [1.29, 1.82) is 0 Å². The van der Waals surface area contributed by atoms with E-state index in [2.05, 4.69) is 10.3 Å². The van der Waals surface area contributed by atoms with Crippen molar-refractivity contribution in [3.05, 3.63) is 46.4 Å². The molecule has 0 bridgehead atoms. The third kappa shape index (κ3) is 2.50. The first kappa shape index (κ1) is 10.0. The van der Waals surface area contributed by atoms with Gasteiger partial charge in [-0.05, 0) is 12.1 Å². The highest BCUT2D eigenvalue weighted by Crippen LogP contribution is 2.14. The van der Waals surface area contributed by atoms with Crippen LogP contribution in [0.1, 0.15) is 5.69 Å². The Kier molecular flexibility index (Phi) is 2.91. The van der Waals surface area contributed by atoms with Crippen molar-refractivity contribution in [3.63, 3.8) is 0 Å². The van der Waals surface area contributed by atoms with Crippen molar-refractivity contribution in [2.45, 2.75) is 6.54 Å². The molecule has 1 aromatic heterocycles. The van der Waals surface area contributed by atoms with Gasteiger partial charge in [0.2, 0.25) is 0 Å². The van der Waals surface area contributed by atoms with Crippen molar-refractivity contribution < 1.29 is 8.78 Å². The predicted molar refractivity (Wildman–Crippen MR) is 55.8 cm³/mol. The Morgan fingerprint density at radius 1 is 1.27 bits per heavy atom. The molecule has 2 nitrogen and oxygen atoms in total. The zero-order valence-corrected chi connectivity index (χ0v) is 8.52. The first-order valence-corrected chi connectivity index (χ1v) is 5.26. The fourth-order valence-corrected chi connectivity index (χ4v) is 1.68. The second-order valence-electron chi connectivity index (χ2n) is 2.96. The molecule has 0 atom stereocenters. The van der Waals surface area contributed by atoms with E-state index < -0.39 is 11.6 Å². The van der Waals surface area contributed by atoms with Gasteiger partial charge in [-0.3, -0.25) is 0 Å². The van der Waals surface area contributed by atoms with Gasteiger partial charge in [0.15, 0.2) is 11.6 Å². The average Bonchev–Trinajstić information content (AvgIpc) is 2.73. The summed E-state index contributed by atoms with van der Waals surface area (Å²) in [5.41, 5.74) is 3.15. The van der Waals surface area contributed by atoms with Crippen LogP contribution in [0.5, 0.6) is 0 Å². The van der Waals surface area contributed by atoms with Gasteiger partial charge in [0, 0.05) is 17.1 Å². The fourth-order valence-electron chi connectivity index (χ4n) is 1.12. The maximum absolute atomic E-state index is 12.8. The summed E-state index contributed by atoms with van der Waals surface area (Å²) >= 11 is 1.50. The third-order valence-corrected chi connectivity index (χ3v) is 2.51. The van der Waals surface area contributed by atoms with Crippen LogP contribution in [0.3, 0.4) is 0 Å². The van der Waals surface area contributed by atoms with E-state index in [1.165, 1.54) is 17.4 Å². The molecule has 2 aromatic rings. The highest BCUT2D eigenvalue weighted by atomic mass is 32.1. The molecule has 2 rings (SSSR count). The van der Waals surface area contributed by atoms with Gasteiger partial charge in [0.25, 0.3) is 0 Å². The Morgan fingerprint density at radius 2 is 2.13 bits per heavy atom. The lowest BCUT2D eigenvalue weighted by Gasteiger charge is -2.04. The summed E-state index contributed by atoms with van der Waals surface area (Å²) in [7, 11) is 0. The second-order valence-corrected chi connectivity index (χ2v) is 3.68. The SMILES string of the molecule is Fc1ccc(NCc2cscn2)cc1F. The highest BCUT2D eigenvalue weighted by Gasteiger charge is 2.02. The zero-order valence-electron chi connectivity index (χ0n) is 7.71. The fraction of sp³-hybridized carbons (Fsp3) is 0.100. The molecule has 0 aliphatic carbocycles. The lowest BCUT2D eigenvalue weighted by Crippen LogP contribution is -2.00. The van der Waals surface area contributed by atoms with E-state index in [4.69, 9.17) is 0 Å². The molecule has 78 valence electrons. The Labute approximate surface area is 89.6 Å². The first-order valence-electron chi connectivity index (χ1n) is 4.31. The van der Waals surface area contributed by atoms with Crippen LogP contribution in [-0.4, -0.2) is 4.98 Å². The lowest BCUT2D eigenvalue weighted by molar-refractivity contribution is 0.509. The number of aromatic nitrogens is 1. The maximum atomic E-state index is 12.8. The molecular formula is C10H8F2N2S. The van der Waals surface area contributed by atoms with E-state index in [0.717, 1.165) is 17.8 Å². The third-order valence-electron chi connectivity index (χ3n) is 1.88. The van der Waals surface area contributed by atoms with Crippen LogP contribution in [0.2, 0.25) is 0 Å². The summed E-state index contributed by atoms with van der Waals surface area (Å²) in [6, 6.07) is 3.71. The molecule has 0 saturated heterocycles. The smallest absolute Gasteiger partial charge is 0.160 e. The molecule has 0 saturated carbocycles. The minimum absolute atomic E-state index is 0.509. The topological polar surface area (TPSA) is 24.9 Å². The first-order chi connectivity index (χ1) is 7.25. The van der Waals surface area contributed by atoms with Gasteiger partial charge in [-0.1, -0.05) is 0 Å². The van der Waals surface area contributed by atoms with E-state index in [1.54, 1.807) is 5.51 Å². The van der Waals surface area contributed by atoms with Gasteiger partial charge >= 0.3 is 0 Å². The van der Waals surface area contributed by atoms with Crippen molar-refractivity contribution in [2.75, 3.05) is 5.32 Å². The van der Waals surface area contributed by atoms with Crippen LogP contribution in [0.4, 0.5) is 14.5 Å². The van der Waals surface area contributed by atoms with Gasteiger partial charge < -0.3 is 5.32 Å². The molecule has 1 aromatic carbocycles. The minimum atomic E-state index is -0.849. The van der Waals surface area contributed by atoms with E-state index in [0.29, 0.717) is 12.2 Å². The number of benzene rings is 1. The average molecular weight is 226 g/mol. The summed E-state index contributed by atoms with van der Waals surface area (Å²) in [6.07, 6.45) is 0. The summed E-state index contributed by atoms with van der Waals surface area (Å²) in [5.74, 6) is -1.69. The molecule has 1 heterocycles. The Balaban J connectivity index is 2.02. The molecule has 0 aliphatic heterocycles. The highest BCUT2D eigenvalue weighted by molar-refractivity contribution is 7.07. The summed E-state index contributed by atoms with van der Waals surface area (Å²) in [6.45, 7) is 0.509. The number of rotatable bonds is 3. The number of halogens is 2. The molecule has 0 unspecified atom stereocenters. The van der Waals surface area contributed by atoms with Gasteiger partial charge in [-0.15, -0.1) is 11.3 Å². The second kappa shape index (κ2) is 4.35. The van der Waals surface area contributed by atoms with Crippen LogP contribution in [0, 0.1) is 11.6 Å². The van der Waals surface area contributed by atoms with Crippen LogP contribution >= 0.6 is 11.3 Å². The molecule has 0 spiro atoms. The van der Waals surface area contributed by atoms with Gasteiger partial charge in [0.05, 0.1) is 17.7 Å². The molecule has 5 heteroatoms. The number of anilines is 1. The van der Waals surface area contributed by atoms with E-state index in [9.17, 15) is 8.78 Å². The zero-order chi connectivity index (χ0) is 10.7. The molecule has 0 aliphatic rings. The Morgan fingerprint density at radius 3 is 2.80 bits per heavy atom. The summed E-state index contributed by atoms with van der Waals surface area (Å²) in [4.78, 5) is 4.06. The number of nitrogens with one attached hydrogen (secondary N) is 1. The maximum Gasteiger partial charge on any atom is 0.160 e. The number of thiazole rings is 1. The summed E-state index contributed by atoms with van der Waals surface area (Å²) < 4.78 is 25.4. The van der Waals surface area contributed by atoms with Gasteiger partial charge in [0.1, 0.15) is 0 Å². The van der Waals surface area contributed by atoms with Gasteiger partial charge in [-0.25, -0.2) is 13.8 Å². The summed E-state index contributed by atoms with van der Waals surface area (Å²) in [5, 5.41) is 4.85. The van der Waals surface area contributed by atoms with Crippen molar-refractivity contribution in [1.82, 2.24) is 4.98 Å². The van der Waals surface area contributed by atoms with Gasteiger partial charge in [-0.2, -0.15) is 0 Å². The number of hydrogen-bond donors (Lipinski definition) is 1. The normalized spacial score (nSPS) is 10.3. The number of nitrogens with zero attached hydrogens (tertiary/aromatic N) is 1. The Hall–Kier alpha value is -1.49. The quantitative estimate of drug-likeness (QED) is 0.870. The van der Waals surface area contributed by atoms with Crippen molar-refractivity contribution in [2.24, 2.45) is 0 Å². The molecule has 1 N–H and O–H groups in total. The van der Waals surface area contributed by atoms with Crippen molar-refractivity contribution in [3.8, 4) is 0 Å². The van der Waals surface area contributed by atoms with E-state index in [-0.39, 0.29) is 0 Å². The van der Waals surface area contributed by atoms with Crippen LogP contribution in [0.15, 0.2) is 29.1 Å². The minimum Gasteiger partial charge on any atom is -0.379 e. The molecule has 0 fully saturated rings.